The third-order valence-electron chi connectivity index (χ3n) is 3.61. The van der Waals surface area contributed by atoms with E-state index in [1.165, 1.54) is 0 Å². The molecule has 3 N–H and O–H groups in total. The molecule has 1 amide bonds. The van der Waals surface area contributed by atoms with Crippen molar-refractivity contribution in [1.29, 1.82) is 0 Å². The molecule has 1 aromatic heterocycles. The van der Waals surface area contributed by atoms with Gasteiger partial charge in [0.05, 0.1) is 0 Å². The second-order valence-electron chi connectivity index (χ2n) is 6.21. The summed E-state index contributed by atoms with van der Waals surface area (Å²) in [7, 11) is 0. The zero-order valence-corrected chi connectivity index (χ0v) is 11.7. The molecule has 19 heavy (non-hydrogen) atoms. The molecule has 1 saturated carbocycles. The van der Waals surface area contributed by atoms with Crippen molar-refractivity contribution in [3.05, 3.63) is 11.6 Å². The van der Waals surface area contributed by atoms with Crippen LogP contribution in [0.25, 0.3) is 0 Å². The first-order valence-corrected chi connectivity index (χ1v) is 6.76. The quantitative estimate of drug-likeness (QED) is 0.761. The van der Waals surface area contributed by atoms with E-state index in [-0.39, 0.29) is 35.7 Å². The molecule has 0 saturated heterocycles. The average Bonchev–Trinajstić information content (AvgIpc) is 2.95. The molecule has 0 aromatic carbocycles. The van der Waals surface area contributed by atoms with Gasteiger partial charge in [-0.1, -0.05) is 27.2 Å². The molecule has 6 nitrogen and oxygen atoms in total. The Morgan fingerprint density at radius 1 is 1.47 bits per heavy atom. The number of H-pyrrole nitrogens is 1. The third-order valence-corrected chi connectivity index (χ3v) is 3.61. The van der Waals surface area contributed by atoms with Gasteiger partial charge in [-0.3, -0.25) is 9.89 Å². The highest BCUT2D eigenvalue weighted by Crippen LogP contribution is 2.25. The van der Waals surface area contributed by atoms with Gasteiger partial charge < -0.3 is 10.4 Å². The van der Waals surface area contributed by atoms with Gasteiger partial charge in [0, 0.05) is 24.0 Å². The number of hydrogen-bond acceptors (Lipinski definition) is 4. The number of aromatic amines is 1. The first-order chi connectivity index (χ1) is 8.91. The van der Waals surface area contributed by atoms with Crippen molar-refractivity contribution in [2.24, 2.45) is 5.92 Å². The summed E-state index contributed by atoms with van der Waals surface area (Å²) in [5.74, 6) is 0.762. The van der Waals surface area contributed by atoms with E-state index in [4.69, 9.17) is 0 Å². The molecule has 0 spiro atoms. The van der Waals surface area contributed by atoms with Crippen LogP contribution in [0, 0.1) is 5.92 Å². The fourth-order valence-corrected chi connectivity index (χ4v) is 2.38. The van der Waals surface area contributed by atoms with Crippen LogP contribution >= 0.6 is 0 Å². The Bertz CT molecular complexity index is 450. The molecule has 1 aromatic rings. The molecule has 0 aliphatic heterocycles. The summed E-state index contributed by atoms with van der Waals surface area (Å²) in [6, 6.07) is 0.0362. The van der Waals surface area contributed by atoms with Crippen LogP contribution in [0.2, 0.25) is 0 Å². The maximum atomic E-state index is 12.1. The number of aliphatic hydroxyl groups excluding tert-OH is 1. The minimum atomic E-state index is -0.267. The monoisotopic (exact) mass is 266 g/mol. The van der Waals surface area contributed by atoms with Crippen molar-refractivity contribution < 1.29 is 9.90 Å². The lowest BCUT2D eigenvalue weighted by atomic mass is 9.96. The van der Waals surface area contributed by atoms with Gasteiger partial charge in [-0.15, -0.1) is 5.10 Å². The highest BCUT2D eigenvalue weighted by Gasteiger charge is 2.29. The molecule has 1 aliphatic carbocycles. The molecule has 2 unspecified atom stereocenters. The lowest BCUT2D eigenvalue weighted by molar-refractivity contribution is 0.0906. The van der Waals surface area contributed by atoms with E-state index < -0.39 is 0 Å². The molecule has 1 aliphatic rings. The fraction of sp³-hybridized carbons (Fsp3) is 0.769. The summed E-state index contributed by atoms with van der Waals surface area (Å²) in [5.41, 5.74) is -0.160. The van der Waals surface area contributed by atoms with Crippen molar-refractivity contribution in [2.45, 2.75) is 51.5 Å². The number of carbonyl (C=O) groups is 1. The predicted octanol–water partition coefficient (Wildman–Crippen LogP) is 0.993. The van der Waals surface area contributed by atoms with Crippen LogP contribution in [-0.2, 0) is 5.41 Å². The number of hydrogen-bond donors (Lipinski definition) is 3. The van der Waals surface area contributed by atoms with Crippen LogP contribution in [-0.4, -0.2) is 38.8 Å². The van der Waals surface area contributed by atoms with Gasteiger partial charge in [0.1, 0.15) is 5.82 Å². The fourth-order valence-electron chi connectivity index (χ4n) is 2.38. The predicted molar refractivity (Wildman–Crippen MR) is 70.8 cm³/mol. The summed E-state index contributed by atoms with van der Waals surface area (Å²) >= 11 is 0. The van der Waals surface area contributed by atoms with Crippen molar-refractivity contribution in [3.63, 3.8) is 0 Å². The third kappa shape index (κ3) is 3.12. The van der Waals surface area contributed by atoms with Gasteiger partial charge in [0.2, 0.25) is 5.82 Å². The van der Waals surface area contributed by atoms with Gasteiger partial charge in [0.15, 0.2) is 0 Å². The van der Waals surface area contributed by atoms with Crippen LogP contribution in [0.5, 0.6) is 0 Å². The van der Waals surface area contributed by atoms with Crippen molar-refractivity contribution in [1.82, 2.24) is 20.5 Å². The Balaban J connectivity index is 2.02. The molecule has 1 fully saturated rings. The summed E-state index contributed by atoms with van der Waals surface area (Å²) < 4.78 is 0. The SMILES string of the molecule is CC(C)(C)c1nc(C(=O)NC2CCCC2CO)n[nH]1. The maximum absolute atomic E-state index is 12.1. The molecule has 0 bridgehead atoms. The largest absolute Gasteiger partial charge is 0.396 e. The Hall–Kier alpha value is -1.43. The zero-order chi connectivity index (χ0) is 14.0. The van der Waals surface area contributed by atoms with Crippen LogP contribution in [0.4, 0.5) is 0 Å². The smallest absolute Gasteiger partial charge is 0.291 e. The van der Waals surface area contributed by atoms with Gasteiger partial charge in [-0.05, 0) is 12.8 Å². The number of aliphatic hydroxyl groups is 1. The molecule has 2 atom stereocenters. The number of rotatable bonds is 3. The summed E-state index contributed by atoms with van der Waals surface area (Å²) in [6.07, 6.45) is 2.91. The lowest BCUT2D eigenvalue weighted by Crippen LogP contribution is -2.39. The molecule has 2 rings (SSSR count). The Kier molecular flexibility index (Phi) is 3.89. The van der Waals surface area contributed by atoms with Gasteiger partial charge in [0.25, 0.3) is 5.91 Å². The minimum absolute atomic E-state index is 0.0362. The summed E-state index contributed by atoms with van der Waals surface area (Å²) in [5, 5.41) is 18.9. The molecule has 1 heterocycles. The number of nitrogens with zero attached hydrogens (tertiary/aromatic N) is 2. The van der Waals surface area contributed by atoms with E-state index in [1.807, 2.05) is 20.8 Å². The number of carbonyl (C=O) groups excluding carboxylic acids is 1. The molecular formula is C13H22N4O2. The molecular weight excluding hydrogens is 244 g/mol. The van der Waals surface area contributed by atoms with Crippen molar-refractivity contribution in [3.8, 4) is 0 Å². The Labute approximate surface area is 113 Å². The summed E-state index contributed by atoms with van der Waals surface area (Å²) in [6.45, 7) is 6.14. The normalized spacial score (nSPS) is 23.6. The standard InChI is InChI=1S/C13H22N4O2/c1-13(2,3)12-15-10(16-17-12)11(19)14-9-6-4-5-8(9)7-18/h8-9,18H,4-7H2,1-3H3,(H,14,19)(H,15,16,17). The maximum Gasteiger partial charge on any atom is 0.291 e. The lowest BCUT2D eigenvalue weighted by Gasteiger charge is -2.17. The first kappa shape index (κ1) is 14.0. The molecule has 0 radical (unpaired) electrons. The minimum Gasteiger partial charge on any atom is -0.396 e. The second-order valence-corrected chi connectivity index (χ2v) is 6.21. The molecule has 106 valence electrons. The van der Waals surface area contributed by atoms with Gasteiger partial charge >= 0.3 is 0 Å². The number of aromatic nitrogens is 3. The van der Waals surface area contributed by atoms with Crippen molar-refractivity contribution in [2.75, 3.05) is 6.61 Å². The van der Waals surface area contributed by atoms with E-state index in [9.17, 15) is 9.90 Å². The van der Waals surface area contributed by atoms with Crippen LogP contribution in [0.3, 0.4) is 0 Å². The van der Waals surface area contributed by atoms with Crippen LogP contribution in [0.15, 0.2) is 0 Å². The van der Waals surface area contributed by atoms with E-state index >= 15 is 0 Å². The molecule has 6 heteroatoms. The summed E-state index contributed by atoms with van der Waals surface area (Å²) in [4.78, 5) is 16.3. The zero-order valence-electron chi connectivity index (χ0n) is 11.7. The van der Waals surface area contributed by atoms with E-state index in [2.05, 4.69) is 20.5 Å². The Morgan fingerprint density at radius 3 is 2.79 bits per heavy atom. The highest BCUT2D eigenvalue weighted by molar-refractivity contribution is 5.90. The van der Waals surface area contributed by atoms with Gasteiger partial charge in [-0.25, -0.2) is 4.98 Å². The second kappa shape index (κ2) is 5.28. The van der Waals surface area contributed by atoms with E-state index in [1.54, 1.807) is 0 Å². The average molecular weight is 266 g/mol. The topological polar surface area (TPSA) is 90.9 Å². The van der Waals surface area contributed by atoms with E-state index in [0.29, 0.717) is 5.82 Å². The highest BCUT2D eigenvalue weighted by atomic mass is 16.3. The number of amides is 1. The first-order valence-electron chi connectivity index (χ1n) is 6.76. The van der Waals surface area contributed by atoms with Crippen LogP contribution < -0.4 is 5.32 Å². The van der Waals surface area contributed by atoms with Crippen molar-refractivity contribution >= 4 is 5.91 Å². The number of nitrogens with one attached hydrogen (secondary N) is 2. The van der Waals surface area contributed by atoms with E-state index in [0.717, 1.165) is 19.3 Å². The van der Waals surface area contributed by atoms with Gasteiger partial charge in [-0.2, -0.15) is 0 Å². The van der Waals surface area contributed by atoms with Crippen LogP contribution in [0.1, 0.15) is 56.5 Å². The Morgan fingerprint density at radius 2 is 2.21 bits per heavy atom.